The van der Waals surface area contributed by atoms with Crippen molar-refractivity contribution >= 4 is 22.5 Å². The summed E-state index contributed by atoms with van der Waals surface area (Å²) in [7, 11) is 2.98. The first kappa shape index (κ1) is 17.2. The molecule has 0 aliphatic heterocycles. The second-order valence-corrected chi connectivity index (χ2v) is 5.30. The smallest absolute Gasteiger partial charge is 0.339 e. The summed E-state index contributed by atoms with van der Waals surface area (Å²) in [5.74, 6) is 0.951. The number of hydrogen-bond donors (Lipinski definition) is 2. The third-order valence-electron chi connectivity index (χ3n) is 3.76. The number of ether oxygens (including phenoxy) is 2. The van der Waals surface area contributed by atoms with Crippen LogP contribution < -0.4 is 36.4 Å². The van der Waals surface area contributed by atoms with Gasteiger partial charge in [0.25, 0.3) is 0 Å². The van der Waals surface area contributed by atoms with Gasteiger partial charge in [0, 0.05) is 22.5 Å². The molecular weight excluding hydrogens is 338 g/mol. The number of hydrogen-bond acceptors (Lipinski definition) is 6. The van der Waals surface area contributed by atoms with E-state index in [9.17, 15) is 14.4 Å². The van der Waals surface area contributed by atoms with Crippen molar-refractivity contribution in [3.63, 3.8) is 0 Å². The number of carbonyl (C=O) groups excluding carboxylic acids is 1. The molecule has 3 aromatic carbocycles. The first-order chi connectivity index (χ1) is 12.5. The molecule has 8 heteroatoms. The third kappa shape index (κ3) is 3.12. The topological polar surface area (TPSA) is 106 Å². The Kier molecular flexibility index (Phi) is 4.66. The minimum Gasteiger partial charge on any atom is -0.493 e. The van der Waals surface area contributed by atoms with E-state index in [1.165, 1.54) is 14.2 Å². The Hall–Kier alpha value is -3.68. The number of urea groups is 1. The van der Waals surface area contributed by atoms with Crippen LogP contribution in [0.25, 0.3) is 10.8 Å². The van der Waals surface area contributed by atoms with Gasteiger partial charge in [-0.25, -0.2) is 10.2 Å². The quantitative estimate of drug-likeness (QED) is 0.683. The highest BCUT2D eigenvalue weighted by Gasteiger charge is 2.11. The molecule has 3 aromatic rings. The maximum absolute atomic E-state index is 12.2. The highest BCUT2D eigenvalue weighted by atomic mass is 16.5. The molecule has 0 spiro atoms. The van der Waals surface area contributed by atoms with Crippen molar-refractivity contribution in [3.8, 4) is 11.5 Å². The number of rotatable bonds is 4. The number of carbonyl (C=O) groups is 1. The van der Waals surface area contributed by atoms with Gasteiger partial charge in [-0.15, -0.1) is 0 Å². The average molecular weight is 353 g/mol. The second-order valence-electron chi connectivity index (χ2n) is 5.30. The molecule has 26 heavy (non-hydrogen) atoms. The average Bonchev–Trinajstić information content (AvgIpc) is 2.90. The Labute approximate surface area is 147 Å². The van der Waals surface area contributed by atoms with Gasteiger partial charge in [0.2, 0.25) is 10.9 Å². The van der Waals surface area contributed by atoms with Gasteiger partial charge < -0.3 is 14.8 Å². The van der Waals surface area contributed by atoms with E-state index >= 15 is 0 Å². The van der Waals surface area contributed by atoms with E-state index in [0.29, 0.717) is 17.2 Å². The highest BCUT2D eigenvalue weighted by Crippen LogP contribution is 2.29. The molecule has 132 valence electrons. The van der Waals surface area contributed by atoms with Gasteiger partial charge >= 0.3 is 6.03 Å². The van der Waals surface area contributed by atoms with Crippen LogP contribution in [0.5, 0.6) is 11.5 Å². The van der Waals surface area contributed by atoms with Crippen LogP contribution in [-0.2, 0) is 0 Å². The first-order valence-corrected chi connectivity index (χ1v) is 7.60. The van der Waals surface area contributed by atoms with E-state index < -0.39 is 16.9 Å². The second kappa shape index (κ2) is 7.06. The standard InChI is InChI=1S/C18H15N3O5/c1-25-13-8-7-10(9-14(13)26-2)19-18(24)21-20-15-16(22)11-5-3-4-6-12(11)17(15)23/h3-9H,1-2H3,(H2,19,21,24). The van der Waals surface area contributed by atoms with Crippen LogP contribution >= 0.6 is 0 Å². The van der Waals surface area contributed by atoms with Crippen LogP contribution in [0.15, 0.2) is 57.2 Å². The Morgan fingerprint density at radius 3 is 2.12 bits per heavy atom. The summed E-state index contributed by atoms with van der Waals surface area (Å²) in [4.78, 5) is 36.3. The lowest BCUT2D eigenvalue weighted by Gasteiger charge is -2.10. The van der Waals surface area contributed by atoms with Crippen molar-refractivity contribution in [2.45, 2.75) is 0 Å². The van der Waals surface area contributed by atoms with E-state index in [2.05, 4.69) is 15.8 Å². The summed E-state index contributed by atoms with van der Waals surface area (Å²) in [6, 6.07) is 10.5. The fourth-order valence-corrected chi connectivity index (χ4v) is 2.52. The van der Waals surface area contributed by atoms with Crippen LogP contribution in [-0.4, -0.2) is 20.3 Å². The molecular formula is C18H15N3O5. The van der Waals surface area contributed by atoms with E-state index in [-0.39, 0.29) is 16.1 Å². The number of methoxy groups -OCH3 is 2. The SMILES string of the molecule is COc1ccc(NC(=O)NN=c2c(=O)c3ccccc3c2=O)cc1OC. The Morgan fingerprint density at radius 1 is 0.923 bits per heavy atom. The van der Waals surface area contributed by atoms with E-state index in [1.54, 1.807) is 42.5 Å². The number of anilines is 1. The molecule has 8 nitrogen and oxygen atoms in total. The van der Waals surface area contributed by atoms with Gasteiger partial charge in [-0.1, -0.05) is 24.3 Å². The van der Waals surface area contributed by atoms with Gasteiger partial charge in [0.15, 0.2) is 16.9 Å². The maximum atomic E-state index is 12.2. The summed E-state index contributed by atoms with van der Waals surface area (Å²) >= 11 is 0. The number of fused-ring (bicyclic) bond motifs is 1. The zero-order valence-corrected chi connectivity index (χ0v) is 14.0. The predicted octanol–water partition coefficient (Wildman–Crippen LogP) is 1.09. The van der Waals surface area contributed by atoms with Gasteiger partial charge in [0.1, 0.15) is 0 Å². The van der Waals surface area contributed by atoms with E-state index in [0.717, 1.165) is 0 Å². The van der Waals surface area contributed by atoms with Crippen molar-refractivity contribution < 1.29 is 14.3 Å². The highest BCUT2D eigenvalue weighted by molar-refractivity contribution is 5.89. The predicted molar refractivity (Wildman–Crippen MR) is 96.1 cm³/mol. The molecule has 0 bridgehead atoms. The summed E-state index contributed by atoms with van der Waals surface area (Å²) < 4.78 is 10.3. The summed E-state index contributed by atoms with van der Waals surface area (Å²) in [6.45, 7) is 0. The lowest BCUT2D eigenvalue weighted by molar-refractivity contribution is 0.252. The summed E-state index contributed by atoms with van der Waals surface area (Å²) in [5, 5.41) is 6.43. The molecule has 0 atom stereocenters. The normalized spacial score (nSPS) is 10.4. The molecule has 2 amide bonds. The van der Waals surface area contributed by atoms with Gasteiger partial charge in [-0.3, -0.25) is 9.59 Å². The molecule has 0 fully saturated rings. The maximum Gasteiger partial charge on any atom is 0.339 e. The molecule has 0 unspecified atom stereocenters. The fraction of sp³-hybridized carbons (Fsp3) is 0.111. The molecule has 3 rings (SSSR count). The number of nitrogens with one attached hydrogen (secondary N) is 2. The molecule has 0 aliphatic carbocycles. The zero-order valence-electron chi connectivity index (χ0n) is 14.0. The largest absolute Gasteiger partial charge is 0.493 e. The zero-order chi connectivity index (χ0) is 18.7. The lowest BCUT2D eigenvalue weighted by Crippen LogP contribution is -2.36. The molecule has 0 aliphatic rings. The monoisotopic (exact) mass is 353 g/mol. The molecule has 0 saturated carbocycles. The van der Waals surface area contributed by atoms with E-state index in [1.807, 2.05) is 0 Å². The third-order valence-corrected chi connectivity index (χ3v) is 3.76. The van der Waals surface area contributed by atoms with Crippen molar-refractivity contribution in [3.05, 3.63) is 68.3 Å². The van der Waals surface area contributed by atoms with Crippen LogP contribution in [0.2, 0.25) is 0 Å². The van der Waals surface area contributed by atoms with Crippen molar-refractivity contribution in [2.75, 3.05) is 19.5 Å². The summed E-state index contributed by atoms with van der Waals surface area (Å²) in [5.41, 5.74) is 1.55. The molecule has 0 saturated heterocycles. The minimum atomic E-state index is -0.707. The van der Waals surface area contributed by atoms with Gasteiger partial charge in [-0.2, -0.15) is 5.10 Å². The van der Waals surface area contributed by atoms with Gasteiger partial charge in [-0.05, 0) is 12.1 Å². The van der Waals surface area contributed by atoms with Crippen molar-refractivity contribution in [1.29, 1.82) is 0 Å². The molecule has 2 N–H and O–H groups in total. The summed E-state index contributed by atoms with van der Waals surface area (Å²) in [6.07, 6.45) is 0. The Balaban J connectivity index is 1.83. The number of nitrogens with zero attached hydrogens (tertiary/aromatic N) is 1. The number of benzene rings is 2. The van der Waals surface area contributed by atoms with Crippen molar-refractivity contribution in [1.82, 2.24) is 5.43 Å². The van der Waals surface area contributed by atoms with Gasteiger partial charge in [0.05, 0.1) is 14.2 Å². The van der Waals surface area contributed by atoms with Crippen LogP contribution in [0.4, 0.5) is 10.5 Å². The minimum absolute atomic E-state index is 0.276. The van der Waals surface area contributed by atoms with E-state index in [4.69, 9.17) is 9.47 Å². The molecule has 0 heterocycles. The number of amides is 2. The molecule has 0 radical (unpaired) electrons. The first-order valence-electron chi connectivity index (χ1n) is 7.60. The lowest BCUT2D eigenvalue weighted by atomic mass is 10.2. The Bertz CT molecular complexity index is 1080. The van der Waals surface area contributed by atoms with Crippen molar-refractivity contribution in [2.24, 2.45) is 5.10 Å². The fourth-order valence-electron chi connectivity index (χ4n) is 2.52. The Morgan fingerprint density at radius 2 is 1.54 bits per heavy atom. The molecule has 0 aromatic heterocycles. The van der Waals surface area contributed by atoms with Crippen LogP contribution in [0.1, 0.15) is 0 Å². The van der Waals surface area contributed by atoms with Crippen LogP contribution in [0.3, 0.4) is 0 Å². The van der Waals surface area contributed by atoms with Crippen LogP contribution in [0, 0.1) is 0 Å².